The van der Waals surface area contributed by atoms with E-state index in [-0.39, 0.29) is 0 Å². The third-order valence-electron chi connectivity index (χ3n) is 2.85. The zero-order valence-electron chi connectivity index (χ0n) is 10.5. The number of aliphatic imine (C=N–C) groups is 1. The van der Waals surface area contributed by atoms with Crippen LogP contribution in [0.1, 0.15) is 39.0 Å². The summed E-state index contributed by atoms with van der Waals surface area (Å²) >= 11 is 0. The van der Waals surface area contributed by atoms with Crippen LogP contribution in [-0.2, 0) is 0 Å². The Hall–Kier alpha value is -0.830. The highest BCUT2D eigenvalue weighted by atomic mass is 15.2. The Morgan fingerprint density at radius 3 is 3.00 bits per heavy atom. The summed E-state index contributed by atoms with van der Waals surface area (Å²) in [5, 5.41) is 0. The Labute approximate surface area is 99.4 Å². The van der Waals surface area contributed by atoms with Gasteiger partial charge in [0.1, 0.15) is 0 Å². The molecule has 0 aromatic rings. The first kappa shape index (κ1) is 13.2. The van der Waals surface area contributed by atoms with Crippen molar-refractivity contribution in [2.75, 3.05) is 26.2 Å². The van der Waals surface area contributed by atoms with Crippen molar-refractivity contribution < 1.29 is 0 Å². The molecule has 2 N–H and O–H groups in total. The number of nitrogens with zero attached hydrogens (tertiary/aromatic N) is 2. The van der Waals surface area contributed by atoms with Crippen molar-refractivity contribution in [3.8, 4) is 0 Å². The molecule has 0 radical (unpaired) electrons. The molecule has 3 heteroatoms. The Balaban J connectivity index is 2.10. The molecule has 0 aromatic carbocycles. The van der Waals surface area contributed by atoms with Gasteiger partial charge in [-0.1, -0.05) is 19.1 Å². The second-order valence-electron chi connectivity index (χ2n) is 4.20. The van der Waals surface area contributed by atoms with Gasteiger partial charge in [-0.05, 0) is 25.7 Å². The molecule has 0 bridgehead atoms. The van der Waals surface area contributed by atoms with Crippen molar-refractivity contribution in [2.24, 2.45) is 10.7 Å². The van der Waals surface area contributed by atoms with Crippen LogP contribution in [0.3, 0.4) is 0 Å². The van der Waals surface area contributed by atoms with Gasteiger partial charge in [-0.2, -0.15) is 0 Å². The van der Waals surface area contributed by atoms with E-state index in [2.05, 4.69) is 29.0 Å². The first-order valence-corrected chi connectivity index (χ1v) is 6.51. The Morgan fingerprint density at radius 1 is 1.38 bits per heavy atom. The molecular weight excluding hydrogens is 198 g/mol. The topological polar surface area (TPSA) is 41.6 Å². The summed E-state index contributed by atoms with van der Waals surface area (Å²) in [7, 11) is 0. The van der Waals surface area contributed by atoms with Gasteiger partial charge in [-0.15, -0.1) is 0 Å². The summed E-state index contributed by atoms with van der Waals surface area (Å²) in [6.45, 7) is 5.91. The lowest BCUT2D eigenvalue weighted by molar-refractivity contribution is 0.457. The number of amidine groups is 1. The van der Waals surface area contributed by atoms with Gasteiger partial charge in [0.05, 0.1) is 12.4 Å². The van der Waals surface area contributed by atoms with E-state index in [1.165, 1.54) is 25.1 Å². The molecule has 0 amide bonds. The fourth-order valence-corrected chi connectivity index (χ4v) is 1.99. The maximum atomic E-state index is 5.57. The van der Waals surface area contributed by atoms with Crippen molar-refractivity contribution in [2.45, 2.75) is 39.0 Å². The molecule has 1 rings (SSSR count). The summed E-state index contributed by atoms with van der Waals surface area (Å²) in [6, 6.07) is 0. The zero-order valence-corrected chi connectivity index (χ0v) is 10.5. The molecule has 0 atom stereocenters. The minimum atomic E-state index is 0.734. The first-order valence-electron chi connectivity index (χ1n) is 6.51. The van der Waals surface area contributed by atoms with Crippen LogP contribution < -0.4 is 5.73 Å². The van der Waals surface area contributed by atoms with Crippen LogP contribution >= 0.6 is 0 Å². The molecule has 1 aliphatic rings. The molecule has 0 aliphatic carbocycles. The molecule has 0 spiro atoms. The van der Waals surface area contributed by atoms with Gasteiger partial charge in [-0.25, -0.2) is 0 Å². The van der Waals surface area contributed by atoms with Gasteiger partial charge in [0.2, 0.25) is 0 Å². The van der Waals surface area contributed by atoms with Crippen LogP contribution in [0.4, 0.5) is 0 Å². The first-order chi connectivity index (χ1) is 7.88. The molecule has 16 heavy (non-hydrogen) atoms. The largest absolute Gasteiger partial charge is 0.357 e. The Morgan fingerprint density at radius 2 is 2.25 bits per heavy atom. The Kier molecular flexibility index (Phi) is 6.90. The van der Waals surface area contributed by atoms with Gasteiger partial charge < -0.3 is 10.6 Å². The van der Waals surface area contributed by atoms with Gasteiger partial charge >= 0.3 is 0 Å². The van der Waals surface area contributed by atoms with Gasteiger partial charge in [0.25, 0.3) is 0 Å². The van der Waals surface area contributed by atoms with Crippen LogP contribution in [0.15, 0.2) is 17.1 Å². The SMILES string of the molecule is CC/C=C/CCCCC1=NCCN1CCN. The smallest absolute Gasteiger partial charge is 0.0990 e. The summed E-state index contributed by atoms with van der Waals surface area (Å²) in [5.74, 6) is 1.28. The Bertz CT molecular complexity index is 233. The van der Waals surface area contributed by atoms with Crippen LogP contribution in [0.2, 0.25) is 0 Å². The monoisotopic (exact) mass is 223 g/mol. The number of allylic oxidation sites excluding steroid dienone is 2. The van der Waals surface area contributed by atoms with Gasteiger partial charge in [0.15, 0.2) is 0 Å². The highest BCUT2D eigenvalue weighted by molar-refractivity contribution is 5.83. The predicted molar refractivity (Wildman–Crippen MR) is 70.8 cm³/mol. The molecular formula is C13H25N3. The third-order valence-corrected chi connectivity index (χ3v) is 2.85. The minimum absolute atomic E-state index is 0.734. The average Bonchev–Trinajstić information content (AvgIpc) is 2.72. The van der Waals surface area contributed by atoms with E-state index in [0.717, 1.165) is 39.0 Å². The van der Waals surface area contributed by atoms with Crippen molar-refractivity contribution in [3.05, 3.63) is 12.2 Å². The lowest BCUT2D eigenvalue weighted by Crippen LogP contribution is -2.32. The van der Waals surface area contributed by atoms with Crippen LogP contribution in [-0.4, -0.2) is 36.9 Å². The quantitative estimate of drug-likeness (QED) is 0.506. The summed E-state index contributed by atoms with van der Waals surface area (Å²) in [4.78, 5) is 6.87. The van der Waals surface area contributed by atoms with E-state index in [4.69, 9.17) is 5.73 Å². The summed E-state index contributed by atoms with van der Waals surface area (Å²) in [6.07, 6.45) is 10.5. The van der Waals surface area contributed by atoms with Crippen molar-refractivity contribution >= 4 is 5.84 Å². The van der Waals surface area contributed by atoms with Crippen molar-refractivity contribution in [3.63, 3.8) is 0 Å². The molecule has 1 heterocycles. The maximum absolute atomic E-state index is 5.57. The van der Waals surface area contributed by atoms with Crippen molar-refractivity contribution in [1.82, 2.24) is 4.90 Å². The second kappa shape index (κ2) is 8.34. The predicted octanol–water partition coefficient (Wildman–Crippen LogP) is 2.19. The second-order valence-corrected chi connectivity index (χ2v) is 4.20. The molecule has 0 aromatic heterocycles. The maximum Gasteiger partial charge on any atom is 0.0990 e. The molecule has 0 saturated carbocycles. The third kappa shape index (κ3) is 4.79. The zero-order chi connectivity index (χ0) is 11.6. The molecule has 0 fully saturated rings. The molecule has 0 saturated heterocycles. The molecule has 0 unspecified atom stereocenters. The van der Waals surface area contributed by atoms with E-state index in [9.17, 15) is 0 Å². The molecule has 92 valence electrons. The average molecular weight is 223 g/mol. The van der Waals surface area contributed by atoms with E-state index in [1.807, 2.05) is 0 Å². The molecule has 3 nitrogen and oxygen atoms in total. The van der Waals surface area contributed by atoms with Gasteiger partial charge in [-0.3, -0.25) is 4.99 Å². The lowest BCUT2D eigenvalue weighted by atomic mass is 10.1. The van der Waals surface area contributed by atoms with E-state index in [1.54, 1.807) is 0 Å². The highest BCUT2D eigenvalue weighted by Crippen LogP contribution is 2.09. The van der Waals surface area contributed by atoms with Gasteiger partial charge in [0, 0.05) is 26.1 Å². The summed E-state index contributed by atoms with van der Waals surface area (Å²) in [5.41, 5.74) is 5.57. The minimum Gasteiger partial charge on any atom is -0.357 e. The normalized spacial score (nSPS) is 16.1. The number of rotatable bonds is 8. The van der Waals surface area contributed by atoms with Crippen molar-refractivity contribution in [1.29, 1.82) is 0 Å². The van der Waals surface area contributed by atoms with Crippen LogP contribution in [0.5, 0.6) is 0 Å². The standard InChI is InChI=1S/C13H25N3/c1-2-3-4-5-6-7-8-13-15-10-12-16(13)11-9-14/h3-4H,2,5-12,14H2,1H3/b4-3+. The number of unbranched alkanes of at least 4 members (excludes halogenated alkanes) is 2. The number of hydrogen-bond acceptors (Lipinski definition) is 3. The van der Waals surface area contributed by atoms with E-state index >= 15 is 0 Å². The van der Waals surface area contributed by atoms with E-state index < -0.39 is 0 Å². The fourth-order valence-electron chi connectivity index (χ4n) is 1.99. The molecule has 1 aliphatic heterocycles. The van der Waals surface area contributed by atoms with E-state index in [0.29, 0.717) is 0 Å². The van der Waals surface area contributed by atoms with Crippen LogP contribution in [0, 0.1) is 0 Å². The fraction of sp³-hybridized carbons (Fsp3) is 0.769. The number of nitrogens with two attached hydrogens (primary N) is 1. The summed E-state index contributed by atoms with van der Waals surface area (Å²) < 4.78 is 0. The lowest BCUT2D eigenvalue weighted by Gasteiger charge is -2.19. The highest BCUT2D eigenvalue weighted by Gasteiger charge is 2.14. The number of hydrogen-bond donors (Lipinski definition) is 1. The van der Waals surface area contributed by atoms with Crippen LogP contribution in [0.25, 0.3) is 0 Å².